The van der Waals surface area contributed by atoms with E-state index in [1.165, 1.54) is 18.6 Å². The quantitative estimate of drug-likeness (QED) is 0.445. The van der Waals surface area contributed by atoms with Gasteiger partial charge in [-0.05, 0) is 37.0 Å². The smallest absolute Gasteiger partial charge is 0.190 e. The van der Waals surface area contributed by atoms with Gasteiger partial charge in [0, 0.05) is 39.0 Å². The zero-order chi connectivity index (χ0) is 15.6. The number of unbranched alkanes of at least 4 members (excludes halogenated alkanes) is 1. The lowest BCUT2D eigenvalue weighted by atomic mass is 10.3. The molecular formula is C16H25N5S. The summed E-state index contributed by atoms with van der Waals surface area (Å²) >= 11 is 1.90. The van der Waals surface area contributed by atoms with E-state index < -0.39 is 0 Å². The fourth-order valence-electron chi connectivity index (χ4n) is 2.22. The Morgan fingerprint density at radius 1 is 1.27 bits per heavy atom. The third-order valence-electron chi connectivity index (χ3n) is 3.38. The predicted molar refractivity (Wildman–Crippen MR) is 95.9 cm³/mol. The van der Waals surface area contributed by atoms with Crippen molar-refractivity contribution in [3.05, 3.63) is 36.3 Å². The number of aromatic nitrogens is 2. The first-order chi connectivity index (χ1) is 10.8. The highest BCUT2D eigenvalue weighted by Gasteiger charge is 2.02. The van der Waals surface area contributed by atoms with Gasteiger partial charge in [0.1, 0.15) is 5.65 Å². The van der Waals surface area contributed by atoms with Gasteiger partial charge in [0.2, 0.25) is 0 Å². The Bertz CT molecular complexity index is 560. The summed E-state index contributed by atoms with van der Waals surface area (Å²) in [5.74, 6) is 2.09. The summed E-state index contributed by atoms with van der Waals surface area (Å²) in [5, 5.41) is 6.68. The molecule has 0 aliphatic carbocycles. The summed E-state index contributed by atoms with van der Waals surface area (Å²) < 4.78 is 2.05. The van der Waals surface area contributed by atoms with Crippen molar-refractivity contribution in [3.63, 3.8) is 0 Å². The molecule has 5 nitrogen and oxygen atoms in total. The number of fused-ring (bicyclic) bond motifs is 1. The molecule has 0 spiro atoms. The minimum absolute atomic E-state index is 0.828. The monoisotopic (exact) mass is 319 g/mol. The number of hydrogen-bond acceptors (Lipinski definition) is 3. The van der Waals surface area contributed by atoms with Crippen LogP contribution in [0, 0.1) is 0 Å². The second-order valence-electron chi connectivity index (χ2n) is 5.07. The second kappa shape index (κ2) is 9.35. The summed E-state index contributed by atoms with van der Waals surface area (Å²) in [7, 11) is 1.81. The van der Waals surface area contributed by atoms with Crippen LogP contribution in [0.5, 0.6) is 0 Å². The predicted octanol–water partition coefficient (Wildman–Crippen LogP) is 2.18. The highest BCUT2D eigenvalue weighted by Crippen LogP contribution is 2.04. The molecule has 120 valence electrons. The third-order valence-corrected chi connectivity index (χ3v) is 4.08. The molecule has 0 bridgehead atoms. The first-order valence-corrected chi connectivity index (χ1v) is 9.09. The zero-order valence-electron chi connectivity index (χ0n) is 13.4. The van der Waals surface area contributed by atoms with Crippen molar-refractivity contribution in [1.82, 2.24) is 20.0 Å². The Balaban J connectivity index is 1.69. The highest BCUT2D eigenvalue weighted by atomic mass is 32.2. The van der Waals surface area contributed by atoms with Gasteiger partial charge in [-0.2, -0.15) is 11.8 Å². The van der Waals surface area contributed by atoms with Gasteiger partial charge in [0.05, 0.1) is 5.69 Å². The van der Waals surface area contributed by atoms with Crippen LogP contribution in [0.4, 0.5) is 0 Å². The van der Waals surface area contributed by atoms with Gasteiger partial charge in [-0.25, -0.2) is 4.98 Å². The maximum absolute atomic E-state index is 4.59. The van der Waals surface area contributed by atoms with Gasteiger partial charge in [0.15, 0.2) is 5.96 Å². The maximum atomic E-state index is 4.59. The Morgan fingerprint density at radius 3 is 2.91 bits per heavy atom. The molecule has 6 heteroatoms. The van der Waals surface area contributed by atoms with Crippen molar-refractivity contribution in [1.29, 1.82) is 0 Å². The average molecular weight is 319 g/mol. The first-order valence-electron chi connectivity index (χ1n) is 7.69. The van der Waals surface area contributed by atoms with Gasteiger partial charge in [-0.1, -0.05) is 6.07 Å². The van der Waals surface area contributed by atoms with Gasteiger partial charge in [0.25, 0.3) is 0 Å². The molecular weight excluding hydrogens is 294 g/mol. The molecule has 0 aliphatic rings. The highest BCUT2D eigenvalue weighted by molar-refractivity contribution is 7.98. The molecule has 0 saturated carbocycles. The van der Waals surface area contributed by atoms with Gasteiger partial charge < -0.3 is 15.0 Å². The maximum Gasteiger partial charge on any atom is 0.190 e. The van der Waals surface area contributed by atoms with Crippen LogP contribution in [-0.2, 0) is 6.42 Å². The number of pyridine rings is 1. The Hall–Kier alpha value is -1.69. The Morgan fingerprint density at radius 2 is 2.14 bits per heavy atom. The molecule has 0 radical (unpaired) electrons. The standard InChI is InChI=1S/C16H25N5S/c1-17-16(18-9-4-6-12-22-2)19-10-8-14-13-21-11-5-3-7-15(21)20-14/h3,5,7,11,13H,4,6,8-10,12H2,1-2H3,(H2,17,18,19). The number of nitrogens with zero attached hydrogens (tertiary/aromatic N) is 3. The third kappa shape index (κ3) is 5.26. The van der Waals surface area contributed by atoms with E-state index in [-0.39, 0.29) is 0 Å². The molecule has 0 unspecified atom stereocenters. The first kappa shape index (κ1) is 16.7. The number of nitrogens with one attached hydrogen (secondary N) is 2. The molecule has 0 fully saturated rings. The van der Waals surface area contributed by atoms with Crippen LogP contribution in [0.25, 0.3) is 5.65 Å². The molecule has 2 rings (SSSR count). The van der Waals surface area contributed by atoms with E-state index in [2.05, 4.69) is 33.1 Å². The van der Waals surface area contributed by atoms with Crippen LogP contribution < -0.4 is 10.6 Å². The lowest BCUT2D eigenvalue weighted by Crippen LogP contribution is -2.38. The van der Waals surface area contributed by atoms with E-state index >= 15 is 0 Å². The van der Waals surface area contributed by atoms with Crippen LogP contribution in [0.3, 0.4) is 0 Å². The van der Waals surface area contributed by atoms with Crippen LogP contribution in [0.1, 0.15) is 18.5 Å². The van der Waals surface area contributed by atoms with Crippen molar-refractivity contribution >= 4 is 23.4 Å². The summed E-state index contributed by atoms with van der Waals surface area (Å²) in [5.41, 5.74) is 2.09. The molecule has 0 atom stereocenters. The molecule has 22 heavy (non-hydrogen) atoms. The largest absolute Gasteiger partial charge is 0.356 e. The summed E-state index contributed by atoms with van der Waals surface area (Å²) in [6.07, 6.45) is 9.55. The van der Waals surface area contributed by atoms with Crippen LogP contribution in [-0.4, -0.2) is 47.5 Å². The molecule has 2 aromatic heterocycles. The Labute approximate surface area is 136 Å². The second-order valence-corrected chi connectivity index (χ2v) is 6.06. The number of imidazole rings is 1. The number of rotatable bonds is 8. The number of guanidine groups is 1. The topological polar surface area (TPSA) is 53.7 Å². The van der Waals surface area contributed by atoms with E-state index in [1.54, 1.807) is 0 Å². The van der Waals surface area contributed by atoms with Gasteiger partial charge in [-0.3, -0.25) is 4.99 Å². The molecule has 0 aromatic carbocycles. The lowest BCUT2D eigenvalue weighted by Gasteiger charge is -2.11. The van der Waals surface area contributed by atoms with Crippen LogP contribution in [0.2, 0.25) is 0 Å². The summed E-state index contributed by atoms with van der Waals surface area (Å²) in [4.78, 5) is 8.84. The molecule has 0 amide bonds. The zero-order valence-corrected chi connectivity index (χ0v) is 14.2. The van der Waals surface area contributed by atoms with Crippen LogP contribution >= 0.6 is 11.8 Å². The van der Waals surface area contributed by atoms with Crippen molar-refractivity contribution in [2.75, 3.05) is 32.1 Å². The van der Waals surface area contributed by atoms with Crippen molar-refractivity contribution in [3.8, 4) is 0 Å². The summed E-state index contributed by atoms with van der Waals surface area (Å²) in [6, 6.07) is 6.04. The number of hydrogen-bond donors (Lipinski definition) is 2. The number of aliphatic imine (C=N–C) groups is 1. The van der Waals surface area contributed by atoms with Crippen LogP contribution in [0.15, 0.2) is 35.6 Å². The average Bonchev–Trinajstić information content (AvgIpc) is 2.95. The SMILES string of the molecule is CN=C(NCCCCSC)NCCc1cn2ccccc2n1. The van der Waals surface area contributed by atoms with Crippen molar-refractivity contribution < 1.29 is 0 Å². The molecule has 2 heterocycles. The van der Waals surface area contributed by atoms with E-state index in [4.69, 9.17) is 0 Å². The minimum atomic E-state index is 0.828. The van der Waals surface area contributed by atoms with E-state index in [0.29, 0.717) is 0 Å². The molecule has 0 aliphatic heterocycles. The van der Waals surface area contributed by atoms with E-state index in [1.807, 2.05) is 47.6 Å². The molecule has 0 saturated heterocycles. The fourth-order valence-corrected chi connectivity index (χ4v) is 2.71. The van der Waals surface area contributed by atoms with E-state index in [9.17, 15) is 0 Å². The fraction of sp³-hybridized carbons (Fsp3) is 0.500. The Kier molecular flexibility index (Phi) is 7.09. The van der Waals surface area contributed by atoms with Gasteiger partial charge >= 0.3 is 0 Å². The summed E-state index contributed by atoms with van der Waals surface area (Å²) in [6.45, 7) is 1.79. The minimum Gasteiger partial charge on any atom is -0.356 e. The molecule has 2 aromatic rings. The lowest BCUT2D eigenvalue weighted by molar-refractivity contribution is 0.729. The normalized spacial score (nSPS) is 11.8. The van der Waals surface area contributed by atoms with Crippen molar-refractivity contribution in [2.24, 2.45) is 4.99 Å². The van der Waals surface area contributed by atoms with Crippen molar-refractivity contribution in [2.45, 2.75) is 19.3 Å². The number of thioether (sulfide) groups is 1. The van der Waals surface area contributed by atoms with E-state index in [0.717, 1.165) is 36.8 Å². The molecule has 2 N–H and O–H groups in total. The van der Waals surface area contributed by atoms with Gasteiger partial charge in [-0.15, -0.1) is 0 Å².